The Morgan fingerprint density at radius 1 is 1.86 bits per heavy atom. The first-order valence-corrected chi connectivity index (χ1v) is 3.15. The second-order valence-electron chi connectivity index (χ2n) is 1.42. The monoisotopic (exact) mass is 118 g/mol. The van der Waals surface area contributed by atoms with Crippen LogP contribution >= 0.6 is 12.0 Å². The second-order valence-corrected chi connectivity index (χ2v) is 2.53. The van der Waals surface area contributed by atoms with Gasteiger partial charge in [-0.2, -0.15) is 0 Å². The van der Waals surface area contributed by atoms with Gasteiger partial charge in [-0.1, -0.05) is 0 Å². The van der Waals surface area contributed by atoms with Crippen LogP contribution < -0.4 is 5.32 Å². The SMILES string of the molecule is CC1[N]CCOS1. The van der Waals surface area contributed by atoms with Crippen LogP contribution in [0, 0.1) is 0 Å². The number of hydrogen-bond donors (Lipinski definition) is 0. The number of nitrogens with zero attached hydrogens (tertiary/aromatic N) is 1. The van der Waals surface area contributed by atoms with Gasteiger partial charge in [0.15, 0.2) is 0 Å². The largest absolute Gasteiger partial charge is 0.312 e. The van der Waals surface area contributed by atoms with Gasteiger partial charge >= 0.3 is 0 Å². The molecule has 1 unspecified atom stereocenters. The van der Waals surface area contributed by atoms with E-state index in [4.69, 9.17) is 4.18 Å². The van der Waals surface area contributed by atoms with Gasteiger partial charge in [-0.05, 0) is 6.92 Å². The Labute approximate surface area is 47.8 Å². The fraction of sp³-hybridized carbons (Fsp3) is 1.00. The van der Waals surface area contributed by atoms with Crippen molar-refractivity contribution in [2.75, 3.05) is 13.2 Å². The van der Waals surface area contributed by atoms with Crippen LogP contribution in [0.4, 0.5) is 0 Å². The fourth-order valence-corrected chi connectivity index (χ4v) is 0.983. The van der Waals surface area contributed by atoms with E-state index >= 15 is 0 Å². The Kier molecular flexibility index (Phi) is 1.97. The molecule has 7 heavy (non-hydrogen) atoms. The van der Waals surface area contributed by atoms with Gasteiger partial charge in [-0.3, -0.25) is 0 Å². The maximum atomic E-state index is 5.00. The Balaban J connectivity index is 2.12. The molecule has 0 amide bonds. The predicted molar refractivity (Wildman–Crippen MR) is 30.0 cm³/mol. The van der Waals surface area contributed by atoms with E-state index < -0.39 is 0 Å². The van der Waals surface area contributed by atoms with Gasteiger partial charge in [0.1, 0.15) is 0 Å². The maximum Gasteiger partial charge on any atom is 0.0934 e. The molecule has 0 aromatic heterocycles. The summed E-state index contributed by atoms with van der Waals surface area (Å²) in [6, 6.07) is 0. The van der Waals surface area contributed by atoms with E-state index in [1.807, 2.05) is 6.92 Å². The molecule has 0 aliphatic carbocycles. The molecule has 0 spiro atoms. The molecule has 41 valence electrons. The van der Waals surface area contributed by atoms with Gasteiger partial charge in [-0.15, -0.1) is 0 Å². The molecule has 3 heteroatoms. The smallest absolute Gasteiger partial charge is 0.0934 e. The van der Waals surface area contributed by atoms with Crippen LogP contribution in [0.25, 0.3) is 0 Å². The maximum absolute atomic E-state index is 5.00. The zero-order valence-electron chi connectivity index (χ0n) is 4.26. The van der Waals surface area contributed by atoms with Crippen molar-refractivity contribution in [3.8, 4) is 0 Å². The average molecular weight is 118 g/mol. The highest BCUT2D eigenvalue weighted by Crippen LogP contribution is 2.12. The van der Waals surface area contributed by atoms with Crippen molar-refractivity contribution in [3.63, 3.8) is 0 Å². The van der Waals surface area contributed by atoms with Crippen LogP contribution in [0.2, 0.25) is 0 Å². The quantitative estimate of drug-likeness (QED) is 0.435. The predicted octanol–water partition coefficient (Wildman–Crippen LogP) is 0.615. The van der Waals surface area contributed by atoms with Crippen LogP contribution in [0.15, 0.2) is 0 Å². The molecule has 1 fully saturated rings. The van der Waals surface area contributed by atoms with Gasteiger partial charge in [0.2, 0.25) is 0 Å². The lowest BCUT2D eigenvalue weighted by Crippen LogP contribution is -2.24. The summed E-state index contributed by atoms with van der Waals surface area (Å²) in [7, 11) is 0. The zero-order chi connectivity index (χ0) is 5.11. The molecule has 1 saturated heterocycles. The highest BCUT2D eigenvalue weighted by atomic mass is 32.2. The summed E-state index contributed by atoms with van der Waals surface area (Å²) in [6.45, 7) is 3.69. The van der Waals surface area contributed by atoms with Crippen LogP contribution in [0.3, 0.4) is 0 Å². The molecule has 1 heterocycles. The van der Waals surface area contributed by atoms with Crippen LogP contribution in [-0.2, 0) is 4.18 Å². The van der Waals surface area contributed by atoms with Crippen molar-refractivity contribution in [2.24, 2.45) is 0 Å². The third-order valence-corrected chi connectivity index (χ3v) is 1.50. The normalized spacial score (nSPS) is 33.0. The Morgan fingerprint density at radius 3 is 3.00 bits per heavy atom. The van der Waals surface area contributed by atoms with E-state index in [0.717, 1.165) is 13.2 Å². The van der Waals surface area contributed by atoms with E-state index in [0.29, 0.717) is 5.37 Å². The van der Waals surface area contributed by atoms with Gasteiger partial charge in [0, 0.05) is 18.6 Å². The van der Waals surface area contributed by atoms with Gasteiger partial charge in [0.05, 0.1) is 12.0 Å². The first kappa shape index (κ1) is 5.41. The third-order valence-electron chi connectivity index (χ3n) is 0.768. The lowest BCUT2D eigenvalue weighted by Gasteiger charge is -2.15. The van der Waals surface area contributed by atoms with Crippen molar-refractivity contribution in [1.82, 2.24) is 5.32 Å². The third kappa shape index (κ3) is 1.67. The van der Waals surface area contributed by atoms with Crippen molar-refractivity contribution in [3.05, 3.63) is 0 Å². The van der Waals surface area contributed by atoms with E-state index in [-0.39, 0.29) is 0 Å². The lowest BCUT2D eigenvalue weighted by molar-refractivity contribution is 0.333. The molecule has 1 atom stereocenters. The Morgan fingerprint density at radius 2 is 2.71 bits per heavy atom. The summed E-state index contributed by atoms with van der Waals surface area (Å²) < 4.78 is 5.00. The summed E-state index contributed by atoms with van der Waals surface area (Å²) >= 11 is 1.45. The van der Waals surface area contributed by atoms with Gasteiger partial charge < -0.3 is 4.18 Å². The van der Waals surface area contributed by atoms with Crippen molar-refractivity contribution in [2.45, 2.75) is 12.3 Å². The minimum absolute atomic E-state index is 0.355. The molecule has 1 radical (unpaired) electrons. The summed E-state index contributed by atoms with van der Waals surface area (Å²) in [5.41, 5.74) is 0. The molecule has 1 aliphatic rings. The minimum Gasteiger partial charge on any atom is -0.312 e. The highest BCUT2D eigenvalue weighted by Gasteiger charge is 2.07. The minimum atomic E-state index is 0.355. The number of rotatable bonds is 0. The van der Waals surface area contributed by atoms with E-state index in [9.17, 15) is 0 Å². The van der Waals surface area contributed by atoms with E-state index in [1.165, 1.54) is 12.0 Å². The summed E-state index contributed by atoms with van der Waals surface area (Å²) in [6.07, 6.45) is 0. The molecule has 0 saturated carbocycles. The molecule has 0 bridgehead atoms. The van der Waals surface area contributed by atoms with E-state index in [2.05, 4.69) is 5.32 Å². The summed E-state index contributed by atoms with van der Waals surface area (Å²) in [5, 5.41) is 4.52. The van der Waals surface area contributed by atoms with Gasteiger partial charge in [-0.25, -0.2) is 5.32 Å². The molecule has 0 aromatic rings. The summed E-state index contributed by atoms with van der Waals surface area (Å²) in [4.78, 5) is 0. The molecular formula is C4H8NOS. The van der Waals surface area contributed by atoms with Crippen LogP contribution in [0.5, 0.6) is 0 Å². The second kappa shape index (κ2) is 2.55. The first-order valence-electron chi connectivity index (χ1n) is 2.34. The average Bonchev–Trinajstić information content (AvgIpc) is 1.69. The van der Waals surface area contributed by atoms with Gasteiger partial charge in [0.25, 0.3) is 0 Å². The molecule has 1 rings (SSSR count). The fourth-order valence-electron chi connectivity index (χ4n) is 0.449. The van der Waals surface area contributed by atoms with E-state index in [1.54, 1.807) is 0 Å². The zero-order valence-corrected chi connectivity index (χ0v) is 5.07. The van der Waals surface area contributed by atoms with Crippen molar-refractivity contribution >= 4 is 12.0 Å². The van der Waals surface area contributed by atoms with Crippen molar-refractivity contribution in [1.29, 1.82) is 0 Å². The topological polar surface area (TPSA) is 23.3 Å². The number of hydrogen-bond acceptors (Lipinski definition) is 2. The Bertz CT molecular complexity index is 53.7. The molecule has 0 aromatic carbocycles. The summed E-state index contributed by atoms with van der Waals surface area (Å²) in [5.74, 6) is 0. The molecule has 1 aliphatic heterocycles. The molecule has 2 nitrogen and oxygen atoms in total. The lowest BCUT2D eigenvalue weighted by atomic mass is 10.6. The Hall–Kier alpha value is 0.270. The van der Waals surface area contributed by atoms with Crippen LogP contribution in [0.1, 0.15) is 6.92 Å². The standard InChI is InChI=1S/C4H8NOS/c1-4-5-2-3-6-7-4/h4H,2-3H2,1H3. The first-order chi connectivity index (χ1) is 3.39. The van der Waals surface area contributed by atoms with Crippen molar-refractivity contribution < 1.29 is 4.18 Å². The van der Waals surface area contributed by atoms with Crippen LogP contribution in [-0.4, -0.2) is 18.5 Å². The highest BCUT2D eigenvalue weighted by molar-refractivity contribution is 7.95. The molecular weight excluding hydrogens is 110 g/mol. The molecule has 0 N–H and O–H groups in total.